The smallest absolute Gasteiger partial charge is 0.408 e. The molecule has 3 heterocycles. The van der Waals surface area contributed by atoms with Gasteiger partial charge < -0.3 is 25.0 Å². The molecule has 47 heavy (non-hydrogen) atoms. The zero-order valence-corrected chi connectivity index (χ0v) is 29.5. The van der Waals surface area contributed by atoms with E-state index in [4.69, 9.17) is 9.47 Å². The van der Waals surface area contributed by atoms with Crippen LogP contribution in [0.25, 0.3) is 10.1 Å². The Bertz CT molecular complexity index is 1640. The maximum atomic E-state index is 14.3. The minimum absolute atomic E-state index is 0.0257. The Morgan fingerprint density at radius 2 is 1.81 bits per heavy atom. The third kappa shape index (κ3) is 8.80. The third-order valence-electron chi connectivity index (χ3n) is 7.90. The standard InChI is InChI=1S/C32H45N5O8S2/c1-9-14-32(8,28(40)36-47(42,43)20-10-11-20)35-25(38)22-17-19(44-26-21-13-16-46-23(21)12-15-33-26)18-37(22)27(39)24(30(2,3)4)34-29(41)45-31(5,6)7/h9,12-13,15-16,19-20,22,24H,1,10-11,14,17-18H2,2-8H3,(H,34,41)(H,35,38)(H,36,40)/t19-,22-,24-,32+/m1/s1. The van der Waals surface area contributed by atoms with Crippen LogP contribution in [0.5, 0.6) is 5.88 Å². The summed E-state index contributed by atoms with van der Waals surface area (Å²) in [5.41, 5.74) is -3.31. The molecule has 15 heteroatoms. The number of carbonyl (C=O) groups excluding carboxylic acids is 4. The van der Waals surface area contributed by atoms with Crippen molar-refractivity contribution >= 4 is 55.3 Å². The van der Waals surface area contributed by atoms with Gasteiger partial charge in [0.2, 0.25) is 27.7 Å². The van der Waals surface area contributed by atoms with E-state index in [9.17, 15) is 27.6 Å². The van der Waals surface area contributed by atoms with Gasteiger partial charge in [-0.25, -0.2) is 18.2 Å². The molecule has 1 aliphatic heterocycles. The molecule has 0 spiro atoms. The molecule has 4 atom stereocenters. The van der Waals surface area contributed by atoms with E-state index in [2.05, 4.69) is 26.9 Å². The average molecular weight is 692 g/mol. The Balaban J connectivity index is 1.64. The molecule has 3 N–H and O–H groups in total. The van der Waals surface area contributed by atoms with Crippen LogP contribution in [0.1, 0.15) is 74.1 Å². The van der Waals surface area contributed by atoms with E-state index < -0.39 is 73.8 Å². The first-order valence-electron chi connectivity index (χ1n) is 15.5. The Morgan fingerprint density at radius 1 is 1.13 bits per heavy atom. The molecule has 2 aromatic rings. The zero-order chi connectivity index (χ0) is 34.9. The van der Waals surface area contributed by atoms with Gasteiger partial charge in [0.1, 0.15) is 29.3 Å². The number of ether oxygens (including phenoxy) is 2. The van der Waals surface area contributed by atoms with Crippen LogP contribution in [-0.2, 0) is 29.1 Å². The fourth-order valence-electron chi connectivity index (χ4n) is 5.28. The Hall–Kier alpha value is -3.72. The number of hydrogen-bond donors (Lipinski definition) is 3. The fraction of sp³-hybridized carbons (Fsp3) is 0.594. The Labute approximate surface area is 279 Å². The molecule has 2 aromatic heterocycles. The van der Waals surface area contributed by atoms with E-state index in [1.165, 1.54) is 29.2 Å². The number of sulfonamides is 1. The fourth-order valence-corrected chi connectivity index (χ4v) is 7.46. The normalized spacial score (nSPS) is 20.5. The number of rotatable bonds is 11. The molecule has 0 unspecified atom stereocenters. The van der Waals surface area contributed by atoms with Crippen LogP contribution in [0.3, 0.4) is 0 Å². The SMILES string of the molecule is C=CC[C@](C)(NC(=O)[C@H]1C[C@@H](Oc2nccc3sccc23)CN1C(=O)[C@@H](NC(=O)OC(C)(C)C)C(C)(C)C)C(=O)NS(=O)(=O)C1CC1. The van der Waals surface area contributed by atoms with Crippen LogP contribution in [0.4, 0.5) is 4.79 Å². The van der Waals surface area contributed by atoms with Crippen LogP contribution < -0.4 is 20.1 Å². The monoisotopic (exact) mass is 691 g/mol. The molecule has 1 saturated heterocycles. The zero-order valence-electron chi connectivity index (χ0n) is 27.9. The highest BCUT2D eigenvalue weighted by Gasteiger charge is 2.48. The predicted molar refractivity (Wildman–Crippen MR) is 178 cm³/mol. The highest BCUT2D eigenvalue weighted by Crippen LogP contribution is 2.33. The largest absolute Gasteiger partial charge is 0.472 e. The quantitative estimate of drug-likeness (QED) is 0.298. The van der Waals surface area contributed by atoms with Crippen molar-refractivity contribution in [1.29, 1.82) is 0 Å². The first-order valence-corrected chi connectivity index (χ1v) is 17.9. The lowest BCUT2D eigenvalue weighted by atomic mass is 9.85. The van der Waals surface area contributed by atoms with E-state index in [-0.39, 0.29) is 19.4 Å². The van der Waals surface area contributed by atoms with Crippen LogP contribution in [0, 0.1) is 5.41 Å². The van der Waals surface area contributed by atoms with Crippen LogP contribution in [0.15, 0.2) is 36.4 Å². The molecule has 1 saturated carbocycles. The second-order valence-corrected chi connectivity index (χ2v) is 17.3. The van der Waals surface area contributed by atoms with E-state index in [0.717, 1.165) is 10.1 Å². The first-order chi connectivity index (χ1) is 21.7. The van der Waals surface area contributed by atoms with Crippen LogP contribution in [-0.4, -0.2) is 83.2 Å². The lowest BCUT2D eigenvalue weighted by Crippen LogP contribution is -2.62. The van der Waals surface area contributed by atoms with Gasteiger partial charge in [-0.1, -0.05) is 26.8 Å². The molecule has 0 aromatic carbocycles. The number of alkyl carbamates (subject to hydrolysis) is 1. The molecule has 4 rings (SSSR count). The summed E-state index contributed by atoms with van der Waals surface area (Å²) in [7, 11) is -3.90. The minimum atomic E-state index is -3.90. The second-order valence-electron chi connectivity index (χ2n) is 14.4. The summed E-state index contributed by atoms with van der Waals surface area (Å²) < 4.78 is 39.9. The number of carbonyl (C=O) groups is 4. The second kappa shape index (κ2) is 13.4. The van der Waals surface area contributed by atoms with E-state index >= 15 is 0 Å². The lowest BCUT2D eigenvalue weighted by Gasteiger charge is -2.36. The first kappa shape index (κ1) is 36.1. The summed E-state index contributed by atoms with van der Waals surface area (Å²) in [5.74, 6) is -1.81. The molecule has 4 amide bonds. The summed E-state index contributed by atoms with van der Waals surface area (Å²) in [5, 5.41) is 7.43. The van der Waals surface area contributed by atoms with Gasteiger partial charge in [0, 0.05) is 17.3 Å². The average Bonchev–Trinajstić information content (AvgIpc) is 3.55. The van der Waals surface area contributed by atoms with Gasteiger partial charge in [0.15, 0.2) is 0 Å². The van der Waals surface area contributed by atoms with Crippen molar-refractivity contribution in [3.63, 3.8) is 0 Å². The number of thiophene rings is 1. The maximum absolute atomic E-state index is 14.3. The molecule has 0 radical (unpaired) electrons. The number of nitrogens with one attached hydrogen (secondary N) is 3. The number of aromatic nitrogens is 1. The molecular weight excluding hydrogens is 647 g/mol. The van der Waals surface area contributed by atoms with Crippen LogP contribution in [0.2, 0.25) is 0 Å². The summed E-state index contributed by atoms with van der Waals surface area (Å²) in [6.07, 6.45) is 2.41. The molecular formula is C32H45N5O8S2. The summed E-state index contributed by atoms with van der Waals surface area (Å²) in [4.78, 5) is 60.2. The molecule has 13 nitrogen and oxygen atoms in total. The lowest BCUT2D eigenvalue weighted by molar-refractivity contribution is -0.143. The van der Waals surface area contributed by atoms with Gasteiger partial charge in [0.25, 0.3) is 5.91 Å². The minimum Gasteiger partial charge on any atom is -0.472 e. The molecule has 1 aliphatic carbocycles. The van der Waals surface area contributed by atoms with E-state index in [0.29, 0.717) is 18.7 Å². The predicted octanol–water partition coefficient (Wildman–Crippen LogP) is 3.64. The molecule has 0 bridgehead atoms. The van der Waals surface area contributed by atoms with Gasteiger partial charge in [-0.15, -0.1) is 17.9 Å². The van der Waals surface area contributed by atoms with Gasteiger partial charge in [-0.05, 0) is 69.9 Å². The number of amides is 4. The van der Waals surface area contributed by atoms with Crippen molar-refractivity contribution in [2.24, 2.45) is 5.41 Å². The number of hydrogen-bond acceptors (Lipinski definition) is 10. The number of fused-ring (bicyclic) bond motifs is 1. The van der Waals surface area contributed by atoms with Crippen molar-refractivity contribution in [2.75, 3.05) is 6.54 Å². The van der Waals surface area contributed by atoms with E-state index in [1.807, 2.05) is 17.5 Å². The molecule has 258 valence electrons. The van der Waals surface area contributed by atoms with Crippen molar-refractivity contribution < 1.29 is 37.1 Å². The van der Waals surface area contributed by atoms with Gasteiger partial charge in [-0.2, -0.15) is 0 Å². The Kier molecular flexibility index (Phi) is 10.3. The third-order valence-corrected chi connectivity index (χ3v) is 10.6. The number of likely N-dealkylation sites (tertiary alicyclic amines) is 1. The molecule has 2 aliphatic rings. The highest BCUT2D eigenvalue weighted by molar-refractivity contribution is 7.91. The Morgan fingerprint density at radius 3 is 2.40 bits per heavy atom. The highest BCUT2D eigenvalue weighted by atomic mass is 32.2. The van der Waals surface area contributed by atoms with E-state index in [1.54, 1.807) is 47.7 Å². The van der Waals surface area contributed by atoms with Crippen LogP contribution >= 0.6 is 11.3 Å². The maximum Gasteiger partial charge on any atom is 0.408 e. The topological polar surface area (TPSA) is 173 Å². The summed E-state index contributed by atoms with van der Waals surface area (Å²) in [6.45, 7) is 15.5. The van der Waals surface area contributed by atoms with Gasteiger partial charge in [0.05, 0.1) is 17.2 Å². The number of pyridine rings is 1. The number of nitrogens with zero attached hydrogens (tertiary/aromatic N) is 2. The van der Waals surface area contributed by atoms with Gasteiger partial charge >= 0.3 is 6.09 Å². The van der Waals surface area contributed by atoms with Crippen molar-refractivity contribution in [1.82, 2.24) is 25.2 Å². The van der Waals surface area contributed by atoms with Crippen molar-refractivity contribution in [3.05, 3.63) is 36.4 Å². The van der Waals surface area contributed by atoms with Gasteiger partial charge in [-0.3, -0.25) is 19.1 Å². The van der Waals surface area contributed by atoms with Crippen molar-refractivity contribution in [3.8, 4) is 5.88 Å². The summed E-state index contributed by atoms with van der Waals surface area (Å²) >= 11 is 1.52. The summed E-state index contributed by atoms with van der Waals surface area (Å²) in [6, 6.07) is 1.49. The molecule has 2 fully saturated rings. The van der Waals surface area contributed by atoms with Crippen molar-refractivity contribution in [2.45, 2.75) is 109 Å².